The lowest BCUT2D eigenvalue weighted by Crippen LogP contribution is -2.71. The van der Waals surface area contributed by atoms with Gasteiger partial charge in [0.15, 0.2) is 5.96 Å². The molecule has 144 valence electrons. The first-order valence-corrected chi connectivity index (χ1v) is 10.0. The van der Waals surface area contributed by atoms with E-state index in [9.17, 15) is 0 Å². The van der Waals surface area contributed by atoms with Gasteiger partial charge in [-0.25, -0.2) is 0 Å². The van der Waals surface area contributed by atoms with E-state index in [-0.39, 0.29) is 29.4 Å². The fourth-order valence-corrected chi connectivity index (χ4v) is 5.12. The maximum Gasteiger partial charge on any atom is 0.191 e. The van der Waals surface area contributed by atoms with E-state index in [0.29, 0.717) is 24.1 Å². The van der Waals surface area contributed by atoms with Gasteiger partial charge < -0.3 is 15.4 Å². The highest BCUT2D eigenvalue weighted by atomic mass is 127. The monoisotopic (exact) mass is 462 g/mol. The molecule has 2 aliphatic heterocycles. The van der Waals surface area contributed by atoms with Crippen molar-refractivity contribution in [1.82, 2.24) is 15.5 Å². The largest absolute Gasteiger partial charge is 0.377 e. The molecule has 0 spiro atoms. The molecule has 2 N–H and O–H groups in total. The Labute approximate surface area is 169 Å². The number of ether oxygens (including phenoxy) is 1. The van der Waals surface area contributed by atoms with Crippen molar-refractivity contribution in [3.8, 4) is 0 Å². The van der Waals surface area contributed by atoms with E-state index in [1.54, 1.807) is 0 Å². The van der Waals surface area contributed by atoms with Gasteiger partial charge in [-0.1, -0.05) is 13.8 Å². The van der Waals surface area contributed by atoms with Crippen LogP contribution in [0.4, 0.5) is 0 Å². The highest BCUT2D eigenvalue weighted by molar-refractivity contribution is 14.0. The SMILES string of the molecule is CCN=C(NC1CCN(C2CC2)C1)NC1C2CCCOC2C1(C)C.I. The number of nitrogens with one attached hydrogen (secondary N) is 2. The van der Waals surface area contributed by atoms with Gasteiger partial charge in [0, 0.05) is 55.7 Å². The lowest BCUT2D eigenvalue weighted by molar-refractivity contribution is -0.188. The number of hydrogen-bond acceptors (Lipinski definition) is 3. The minimum atomic E-state index is 0. The van der Waals surface area contributed by atoms with Crippen LogP contribution in [0.3, 0.4) is 0 Å². The van der Waals surface area contributed by atoms with E-state index in [2.05, 4.69) is 36.3 Å². The third kappa shape index (κ3) is 3.95. The highest BCUT2D eigenvalue weighted by Gasteiger charge is 2.58. The first-order chi connectivity index (χ1) is 11.6. The molecule has 0 aromatic carbocycles. The second-order valence-electron chi connectivity index (χ2n) is 8.72. The van der Waals surface area contributed by atoms with Crippen LogP contribution in [0.25, 0.3) is 0 Å². The summed E-state index contributed by atoms with van der Waals surface area (Å²) in [6.07, 6.45) is 6.94. The molecule has 4 aliphatic rings. The third-order valence-corrected chi connectivity index (χ3v) is 6.56. The minimum absolute atomic E-state index is 0. The molecule has 2 aliphatic carbocycles. The third-order valence-electron chi connectivity index (χ3n) is 6.56. The molecule has 6 heteroatoms. The number of nitrogens with zero attached hydrogens (tertiary/aromatic N) is 2. The summed E-state index contributed by atoms with van der Waals surface area (Å²) in [5.74, 6) is 1.66. The van der Waals surface area contributed by atoms with Crippen molar-refractivity contribution >= 4 is 29.9 Å². The number of hydrogen-bond donors (Lipinski definition) is 2. The predicted octanol–water partition coefficient (Wildman–Crippen LogP) is 2.60. The molecule has 0 aromatic heterocycles. The average molecular weight is 462 g/mol. The zero-order chi connectivity index (χ0) is 16.7. The van der Waals surface area contributed by atoms with Crippen LogP contribution in [0.1, 0.15) is 52.9 Å². The molecular formula is C19H35IN4O. The fraction of sp³-hybridized carbons (Fsp3) is 0.947. The molecule has 4 unspecified atom stereocenters. The molecule has 2 heterocycles. The van der Waals surface area contributed by atoms with E-state index in [4.69, 9.17) is 9.73 Å². The molecule has 2 saturated carbocycles. The second-order valence-corrected chi connectivity index (χ2v) is 8.72. The van der Waals surface area contributed by atoms with Crippen molar-refractivity contribution in [1.29, 1.82) is 0 Å². The van der Waals surface area contributed by atoms with Gasteiger partial charge in [0.05, 0.1) is 6.10 Å². The molecule has 5 nitrogen and oxygen atoms in total. The molecule has 0 radical (unpaired) electrons. The molecule has 4 rings (SSSR count). The van der Waals surface area contributed by atoms with Gasteiger partial charge in [0.25, 0.3) is 0 Å². The Kier molecular flexibility index (Phi) is 6.21. The normalized spacial score (nSPS) is 37.6. The molecule has 0 amide bonds. The lowest BCUT2D eigenvalue weighted by atomic mass is 9.55. The Bertz CT molecular complexity index is 494. The first kappa shape index (κ1) is 19.7. The van der Waals surface area contributed by atoms with Crippen LogP contribution in [-0.4, -0.2) is 61.3 Å². The Morgan fingerprint density at radius 3 is 2.72 bits per heavy atom. The number of guanidine groups is 1. The Hall–Kier alpha value is -0.0800. The van der Waals surface area contributed by atoms with Crippen LogP contribution in [-0.2, 0) is 4.74 Å². The Balaban J connectivity index is 0.00000182. The summed E-state index contributed by atoms with van der Waals surface area (Å²) in [7, 11) is 0. The zero-order valence-corrected chi connectivity index (χ0v) is 18.3. The van der Waals surface area contributed by atoms with Crippen molar-refractivity contribution in [3.05, 3.63) is 0 Å². The van der Waals surface area contributed by atoms with Crippen molar-refractivity contribution < 1.29 is 4.74 Å². The van der Waals surface area contributed by atoms with Crippen LogP contribution in [0, 0.1) is 11.3 Å². The summed E-state index contributed by atoms with van der Waals surface area (Å²) in [5, 5.41) is 7.49. The second kappa shape index (κ2) is 7.89. The van der Waals surface area contributed by atoms with E-state index in [0.717, 1.165) is 25.2 Å². The quantitative estimate of drug-likeness (QED) is 0.383. The molecule has 2 saturated heterocycles. The lowest BCUT2D eigenvalue weighted by Gasteiger charge is -2.60. The molecule has 4 fully saturated rings. The number of fused-ring (bicyclic) bond motifs is 1. The summed E-state index contributed by atoms with van der Waals surface area (Å²) in [6, 6.07) is 1.90. The van der Waals surface area contributed by atoms with E-state index in [1.807, 2.05) is 0 Å². The van der Waals surface area contributed by atoms with Crippen LogP contribution in [0.2, 0.25) is 0 Å². The molecule has 25 heavy (non-hydrogen) atoms. The van der Waals surface area contributed by atoms with Crippen LogP contribution >= 0.6 is 24.0 Å². The van der Waals surface area contributed by atoms with Gasteiger partial charge in [-0.05, 0) is 39.0 Å². The fourth-order valence-electron chi connectivity index (χ4n) is 5.12. The van der Waals surface area contributed by atoms with E-state index in [1.165, 1.54) is 45.2 Å². The van der Waals surface area contributed by atoms with Crippen molar-refractivity contribution in [2.45, 2.75) is 77.1 Å². The Morgan fingerprint density at radius 2 is 2.00 bits per heavy atom. The van der Waals surface area contributed by atoms with Crippen molar-refractivity contribution in [2.24, 2.45) is 16.3 Å². The van der Waals surface area contributed by atoms with Gasteiger partial charge in [-0.15, -0.1) is 24.0 Å². The molecule has 0 bridgehead atoms. The average Bonchev–Trinajstić information content (AvgIpc) is 3.32. The molecule has 4 atom stereocenters. The van der Waals surface area contributed by atoms with Crippen molar-refractivity contribution in [2.75, 3.05) is 26.2 Å². The van der Waals surface area contributed by atoms with Gasteiger partial charge in [0.2, 0.25) is 0 Å². The van der Waals surface area contributed by atoms with Crippen LogP contribution < -0.4 is 10.6 Å². The van der Waals surface area contributed by atoms with E-state index >= 15 is 0 Å². The summed E-state index contributed by atoms with van der Waals surface area (Å²) in [4.78, 5) is 7.39. The standard InChI is InChI=1S/C19H34N4O.HI/c1-4-20-18(21-13-9-10-23(12-13)14-7-8-14)22-16-15-6-5-11-24-17(15)19(16,2)3;/h13-17H,4-12H2,1-3H3,(H2,20,21,22);1H. The van der Waals surface area contributed by atoms with Crippen molar-refractivity contribution in [3.63, 3.8) is 0 Å². The maximum atomic E-state index is 6.04. The summed E-state index contributed by atoms with van der Waals surface area (Å²) < 4.78 is 6.04. The summed E-state index contributed by atoms with van der Waals surface area (Å²) >= 11 is 0. The van der Waals surface area contributed by atoms with Crippen LogP contribution in [0.15, 0.2) is 4.99 Å². The first-order valence-electron chi connectivity index (χ1n) is 10.0. The van der Waals surface area contributed by atoms with Crippen LogP contribution in [0.5, 0.6) is 0 Å². The molecule has 0 aromatic rings. The highest BCUT2D eigenvalue weighted by Crippen LogP contribution is 2.51. The topological polar surface area (TPSA) is 48.9 Å². The minimum Gasteiger partial charge on any atom is -0.377 e. The maximum absolute atomic E-state index is 6.04. The van der Waals surface area contributed by atoms with Gasteiger partial charge in [-0.2, -0.15) is 0 Å². The number of halogens is 1. The molecular weight excluding hydrogens is 427 g/mol. The van der Waals surface area contributed by atoms with Gasteiger partial charge >= 0.3 is 0 Å². The predicted molar refractivity (Wildman–Crippen MR) is 113 cm³/mol. The number of aliphatic imine (C=N–C) groups is 1. The van der Waals surface area contributed by atoms with Gasteiger partial charge in [0.1, 0.15) is 0 Å². The van der Waals surface area contributed by atoms with Gasteiger partial charge in [-0.3, -0.25) is 9.89 Å². The zero-order valence-electron chi connectivity index (χ0n) is 16.0. The van der Waals surface area contributed by atoms with E-state index < -0.39 is 0 Å². The smallest absolute Gasteiger partial charge is 0.191 e. The number of likely N-dealkylation sites (tertiary alicyclic amines) is 1. The number of rotatable bonds is 4. The Morgan fingerprint density at radius 1 is 1.20 bits per heavy atom. The summed E-state index contributed by atoms with van der Waals surface area (Å²) in [6.45, 7) is 11.0. The summed E-state index contributed by atoms with van der Waals surface area (Å²) in [5.41, 5.74) is 0.191.